The second-order valence-corrected chi connectivity index (χ2v) is 6.09. The summed E-state index contributed by atoms with van der Waals surface area (Å²) in [5.74, 6) is 0.0639. The molecule has 0 atom stereocenters. The lowest BCUT2D eigenvalue weighted by atomic mass is 10.2. The number of nitrogens with zero attached hydrogens (tertiary/aromatic N) is 1. The maximum Gasteiger partial charge on any atom is 0.263 e. The van der Waals surface area contributed by atoms with Gasteiger partial charge in [0.05, 0.1) is 4.90 Å². The largest absolute Gasteiger partial charge is 0.295 e. The van der Waals surface area contributed by atoms with Gasteiger partial charge >= 0.3 is 0 Å². The van der Waals surface area contributed by atoms with Gasteiger partial charge in [0, 0.05) is 11.8 Å². The van der Waals surface area contributed by atoms with Gasteiger partial charge in [0.1, 0.15) is 5.82 Å². The van der Waals surface area contributed by atoms with Crippen LogP contribution in [0.25, 0.3) is 0 Å². The summed E-state index contributed by atoms with van der Waals surface area (Å²) >= 11 is 0. The molecule has 0 spiro atoms. The summed E-state index contributed by atoms with van der Waals surface area (Å²) in [5, 5.41) is 0. The Labute approximate surface area is 117 Å². The molecule has 0 saturated heterocycles. The zero-order valence-electron chi connectivity index (χ0n) is 11.1. The van der Waals surface area contributed by atoms with Gasteiger partial charge in [-0.15, -0.1) is 0 Å². The molecule has 0 aliphatic heterocycles. The number of hydrogen-bond acceptors (Lipinski definition) is 4. The van der Waals surface area contributed by atoms with E-state index in [1.807, 2.05) is 6.92 Å². The number of aromatic nitrogens is 1. The molecule has 2 rings (SSSR count). The lowest BCUT2D eigenvalue weighted by molar-refractivity contribution is 0.101. The molecular weight excluding hydrogens is 276 g/mol. The van der Waals surface area contributed by atoms with Gasteiger partial charge in [0.2, 0.25) is 0 Å². The summed E-state index contributed by atoms with van der Waals surface area (Å²) in [6.45, 7) is 3.23. The lowest BCUT2D eigenvalue weighted by Gasteiger charge is -2.08. The third kappa shape index (κ3) is 3.21. The number of carbonyl (C=O) groups is 1. The zero-order valence-corrected chi connectivity index (χ0v) is 11.9. The molecule has 0 aliphatic rings. The molecule has 1 N–H and O–H groups in total. The Morgan fingerprint density at radius 3 is 2.60 bits per heavy atom. The quantitative estimate of drug-likeness (QED) is 0.877. The lowest BCUT2D eigenvalue weighted by Crippen LogP contribution is -2.14. The summed E-state index contributed by atoms with van der Waals surface area (Å²) in [7, 11) is -3.75. The highest BCUT2D eigenvalue weighted by atomic mass is 32.2. The minimum Gasteiger partial charge on any atom is -0.295 e. The van der Waals surface area contributed by atoms with E-state index in [2.05, 4.69) is 9.71 Å². The number of ketones is 1. The Morgan fingerprint density at radius 1 is 1.20 bits per heavy atom. The first-order valence-corrected chi connectivity index (χ1v) is 7.43. The van der Waals surface area contributed by atoms with E-state index in [9.17, 15) is 13.2 Å². The van der Waals surface area contributed by atoms with Crippen molar-refractivity contribution < 1.29 is 13.2 Å². The van der Waals surface area contributed by atoms with Crippen molar-refractivity contribution in [1.82, 2.24) is 4.98 Å². The number of Topliss-reactive ketones (excluding diaryl/α,β-unsaturated/α-hetero) is 1. The second-order valence-electron chi connectivity index (χ2n) is 4.41. The van der Waals surface area contributed by atoms with E-state index in [0.29, 0.717) is 5.56 Å². The fourth-order valence-corrected chi connectivity index (χ4v) is 2.72. The molecule has 20 heavy (non-hydrogen) atoms. The van der Waals surface area contributed by atoms with Crippen LogP contribution in [0.3, 0.4) is 0 Å². The molecular formula is C14H14N2O3S. The molecule has 6 heteroatoms. The van der Waals surface area contributed by atoms with Crippen LogP contribution in [0.15, 0.2) is 47.5 Å². The third-order valence-electron chi connectivity index (χ3n) is 2.71. The summed E-state index contributed by atoms with van der Waals surface area (Å²) in [6, 6.07) is 9.30. The van der Waals surface area contributed by atoms with Crippen LogP contribution in [-0.2, 0) is 10.0 Å². The van der Waals surface area contributed by atoms with Gasteiger partial charge in [0.15, 0.2) is 5.78 Å². The first kappa shape index (κ1) is 14.2. The van der Waals surface area contributed by atoms with Gasteiger partial charge in [-0.3, -0.25) is 9.52 Å². The highest BCUT2D eigenvalue weighted by Gasteiger charge is 2.16. The molecule has 0 bridgehead atoms. The van der Waals surface area contributed by atoms with Crippen LogP contribution >= 0.6 is 0 Å². The van der Waals surface area contributed by atoms with Gasteiger partial charge in [-0.25, -0.2) is 13.4 Å². The van der Waals surface area contributed by atoms with Crippen LogP contribution in [0.5, 0.6) is 0 Å². The number of nitrogens with one attached hydrogen (secondary N) is 1. The van der Waals surface area contributed by atoms with E-state index in [1.54, 1.807) is 18.2 Å². The third-order valence-corrected chi connectivity index (χ3v) is 4.06. The summed E-state index contributed by atoms with van der Waals surface area (Å²) in [5.41, 5.74) is 1.25. The molecule has 1 aromatic carbocycles. The van der Waals surface area contributed by atoms with Gasteiger partial charge in [-0.05, 0) is 43.7 Å². The van der Waals surface area contributed by atoms with E-state index >= 15 is 0 Å². The van der Waals surface area contributed by atoms with E-state index in [-0.39, 0.29) is 16.5 Å². The Kier molecular flexibility index (Phi) is 3.85. The summed E-state index contributed by atoms with van der Waals surface area (Å²) < 4.78 is 26.8. The SMILES string of the molecule is CC(=O)c1cccc(S(=O)(=O)Nc2cc(C)ccn2)c1. The van der Waals surface area contributed by atoms with Crippen molar-refractivity contribution in [3.63, 3.8) is 0 Å². The van der Waals surface area contributed by atoms with Crippen LogP contribution < -0.4 is 4.72 Å². The van der Waals surface area contributed by atoms with E-state index in [0.717, 1.165) is 5.56 Å². The van der Waals surface area contributed by atoms with Crippen molar-refractivity contribution in [2.75, 3.05) is 4.72 Å². The maximum absolute atomic E-state index is 12.2. The van der Waals surface area contributed by atoms with Crippen molar-refractivity contribution in [2.45, 2.75) is 18.7 Å². The number of hydrogen-bond donors (Lipinski definition) is 1. The van der Waals surface area contributed by atoms with Crippen LogP contribution in [0.1, 0.15) is 22.8 Å². The predicted molar refractivity (Wildman–Crippen MR) is 76.2 cm³/mol. The topological polar surface area (TPSA) is 76.1 Å². The molecule has 0 saturated carbocycles. The van der Waals surface area contributed by atoms with E-state index in [4.69, 9.17) is 0 Å². The molecule has 1 aromatic heterocycles. The van der Waals surface area contributed by atoms with Crippen molar-refractivity contribution in [2.24, 2.45) is 0 Å². The number of anilines is 1. The number of pyridine rings is 1. The van der Waals surface area contributed by atoms with Gasteiger partial charge in [-0.1, -0.05) is 12.1 Å². The van der Waals surface area contributed by atoms with Crippen LogP contribution in [-0.4, -0.2) is 19.2 Å². The number of benzene rings is 1. The van der Waals surface area contributed by atoms with Crippen LogP contribution in [0.2, 0.25) is 0 Å². The number of sulfonamides is 1. The molecule has 5 nitrogen and oxygen atoms in total. The number of aryl methyl sites for hydroxylation is 1. The standard InChI is InChI=1S/C14H14N2O3S/c1-10-6-7-15-14(8-10)16-20(18,19)13-5-3-4-12(9-13)11(2)17/h3-9H,1-2H3,(H,15,16). The van der Waals surface area contributed by atoms with Crippen LogP contribution in [0, 0.1) is 6.92 Å². The van der Waals surface area contributed by atoms with Gasteiger partial charge in [0.25, 0.3) is 10.0 Å². The molecule has 0 fully saturated rings. The average molecular weight is 290 g/mol. The van der Waals surface area contributed by atoms with Crippen molar-refractivity contribution in [3.8, 4) is 0 Å². The summed E-state index contributed by atoms with van der Waals surface area (Å²) in [4.78, 5) is 15.3. The van der Waals surface area contributed by atoms with Gasteiger partial charge in [-0.2, -0.15) is 0 Å². The molecule has 1 heterocycles. The molecule has 0 aliphatic carbocycles. The molecule has 0 unspecified atom stereocenters. The normalized spacial score (nSPS) is 11.1. The highest BCUT2D eigenvalue weighted by molar-refractivity contribution is 7.92. The Balaban J connectivity index is 2.35. The fourth-order valence-electron chi connectivity index (χ4n) is 1.67. The molecule has 0 amide bonds. The summed E-state index contributed by atoms with van der Waals surface area (Å²) in [6.07, 6.45) is 1.53. The first-order chi connectivity index (χ1) is 9.38. The number of rotatable bonds is 4. The van der Waals surface area contributed by atoms with Crippen molar-refractivity contribution in [1.29, 1.82) is 0 Å². The molecule has 104 valence electrons. The highest BCUT2D eigenvalue weighted by Crippen LogP contribution is 2.16. The minimum atomic E-state index is -3.75. The maximum atomic E-state index is 12.2. The van der Waals surface area contributed by atoms with Gasteiger partial charge < -0.3 is 0 Å². The zero-order chi connectivity index (χ0) is 14.8. The average Bonchev–Trinajstić information content (AvgIpc) is 2.38. The Bertz CT molecular complexity index is 755. The minimum absolute atomic E-state index is 0.0357. The monoisotopic (exact) mass is 290 g/mol. The Hall–Kier alpha value is -2.21. The van der Waals surface area contributed by atoms with Crippen molar-refractivity contribution in [3.05, 3.63) is 53.7 Å². The second kappa shape index (κ2) is 5.42. The predicted octanol–water partition coefficient (Wildman–Crippen LogP) is 2.39. The van der Waals surface area contributed by atoms with E-state index < -0.39 is 10.0 Å². The molecule has 2 aromatic rings. The number of carbonyl (C=O) groups excluding carboxylic acids is 1. The fraction of sp³-hybridized carbons (Fsp3) is 0.143. The van der Waals surface area contributed by atoms with Crippen molar-refractivity contribution >= 4 is 21.6 Å². The Morgan fingerprint density at radius 2 is 1.95 bits per heavy atom. The van der Waals surface area contributed by atoms with E-state index in [1.165, 1.54) is 31.3 Å². The first-order valence-electron chi connectivity index (χ1n) is 5.95. The molecule has 0 radical (unpaired) electrons. The smallest absolute Gasteiger partial charge is 0.263 e. The van der Waals surface area contributed by atoms with Crippen LogP contribution in [0.4, 0.5) is 5.82 Å².